The van der Waals surface area contributed by atoms with Crippen LogP contribution < -0.4 is 24.7 Å². The normalized spacial score (nSPS) is 11.3. The third kappa shape index (κ3) is 5.91. The quantitative estimate of drug-likeness (QED) is 0.174. The molecule has 4 N–H and O–H groups in total. The van der Waals surface area contributed by atoms with Crippen molar-refractivity contribution in [3.8, 4) is 23.1 Å². The van der Waals surface area contributed by atoms with E-state index in [-0.39, 0.29) is 45.3 Å². The molecule has 0 spiro atoms. The summed E-state index contributed by atoms with van der Waals surface area (Å²) in [7, 11) is -1.44. The van der Waals surface area contributed by atoms with E-state index in [0.29, 0.717) is 28.1 Å². The van der Waals surface area contributed by atoms with Crippen molar-refractivity contribution >= 4 is 55.8 Å². The molecule has 0 fully saturated rings. The Hall–Kier alpha value is -3.64. The van der Waals surface area contributed by atoms with Crippen LogP contribution >= 0.6 is 23.2 Å². The van der Waals surface area contributed by atoms with Crippen molar-refractivity contribution in [1.29, 1.82) is 0 Å². The Kier molecular flexibility index (Phi) is 8.22. The number of hydrogen-bond acceptors (Lipinski definition) is 8. The van der Waals surface area contributed by atoms with Crippen molar-refractivity contribution in [3.63, 3.8) is 0 Å². The van der Waals surface area contributed by atoms with Gasteiger partial charge in [0.25, 0.3) is 10.0 Å². The van der Waals surface area contributed by atoms with Crippen LogP contribution in [0.4, 0.5) is 5.69 Å². The smallest absolute Gasteiger partial charge is 0.309 e. The molecule has 4 rings (SSSR count). The lowest BCUT2D eigenvalue weighted by molar-refractivity contribution is -0.139. The highest BCUT2D eigenvalue weighted by atomic mass is 35.5. The molecule has 0 atom stereocenters. The number of rotatable bonds is 10. The number of hydrogen-bond donors (Lipinski definition) is 3. The summed E-state index contributed by atoms with van der Waals surface area (Å²) in [5.74, 6) is 0.672. The van der Waals surface area contributed by atoms with E-state index < -0.39 is 16.0 Å². The molecule has 0 saturated carbocycles. The average Bonchev–Trinajstić information content (AvgIpc) is 3.29. The second kappa shape index (κ2) is 11.4. The fourth-order valence-electron chi connectivity index (χ4n) is 3.66. The molecule has 4 aromatic rings. The van der Waals surface area contributed by atoms with Crippen LogP contribution in [0.5, 0.6) is 23.1 Å². The standard InChI is InChI=1S/C25H23Cl2N3O7S/c1-34-21-9-14(10-24(31)35-2)3-6-19(21)37-20-7-5-18-16(12-23(29-18)36-13-28)25(20)30-38(32,33)22-8-4-15(26)11-17(22)27/h3-9,11-12,29-30H,10,13,28H2,1-2H3. The fraction of sp³-hybridized carbons (Fsp3) is 0.160. The summed E-state index contributed by atoms with van der Waals surface area (Å²) in [4.78, 5) is 14.5. The van der Waals surface area contributed by atoms with Crippen molar-refractivity contribution in [1.82, 2.24) is 4.98 Å². The summed E-state index contributed by atoms with van der Waals surface area (Å²) in [5, 5.41) is 0.682. The summed E-state index contributed by atoms with van der Waals surface area (Å²) in [6.45, 7) is -0.0905. The lowest BCUT2D eigenvalue weighted by Crippen LogP contribution is -2.14. The van der Waals surface area contributed by atoms with Gasteiger partial charge in [-0.3, -0.25) is 15.3 Å². The van der Waals surface area contributed by atoms with E-state index in [1.165, 1.54) is 32.4 Å². The van der Waals surface area contributed by atoms with Gasteiger partial charge in [-0.25, -0.2) is 8.42 Å². The fourth-order valence-corrected chi connectivity index (χ4v) is 5.53. The number of sulfonamides is 1. The van der Waals surface area contributed by atoms with Gasteiger partial charge in [0.05, 0.1) is 31.2 Å². The molecule has 13 heteroatoms. The van der Waals surface area contributed by atoms with Crippen LogP contribution in [0.15, 0.2) is 59.5 Å². The number of benzene rings is 3. The maximum atomic E-state index is 13.4. The Morgan fingerprint density at radius 3 is 2.45 bits per heavy atom. The second-order valence-corrected chi connectivity index (χ2v) is 10.4. The van der Waals surface area contributed by atoms with E-state index in [2.05, 4.69) is 9.71 Å². The number of carbonyl (C=O) groups is 1. The van der Waals surface area contributed by atoms with Gasteiger partial charge >= 0.3 is 5.97 Å². The molecule has 0 radical (unpaired) electrons. The zero-order chi connectivity index (χ0) is 27.4. The summed E-state index contributed by atoms with van der Waals surface area (Å²) in [5.41, 5.74) is 6.80. The molecule has 0 amide bonds. The third-order valence-corrected chi connectivity index (χ3v) is 7.49. The van der Waals surface area contributed by atoms with Gasteiger partial charge in [-0.2, -0.15) is 0 Å². The van der Waals surface area contributed by atoms with E-state index in [9.17, 15) is 13.2 Å². The van der Waals surface area contributed by atoms with Gasteiger partial charge in [0.1, 0.15) is 17.3 Å². The molecule has 10 nitrogen and oxygen atoms in total. The van der Waals surface area contributed by atoms with E-state index >= 15 is 0 Å². The lowest BCUT2D eigenvalue weighted by atomic mass is 10.1. The number of aromatic amines is 1. The minimum absolute atomic E-state index is 0.0409. The first-order chi connectivity index (χ1) is 18.1. The molecule has 0 aliphatic heterocycles. The van der Waals surface area contributed by atoms with Crippen LogP contribution in [0.25, 0.3) is 10.9 Å². The highest BCUT2D eigenvalue weighted by Gasteiger charge is 2.24. The Morgan fingerprint density at radius 1 is 1.00 bits per heavy atom. The van der Waals surface area contributed by atoms with Crippen molar-refractivity contribution in [3.05, 3.63) is 70.2 Å². The van der Waals surface area contributed by atoms with E-state index in [1.54, 1.807) is 36.4 Å². The van der Waals surface area contributed by atoms with Gasteiger partial charge in [-0.1, -0.05) is 29.3 Å². The van der Waals surface area contributed by atoms with Crippen LogP contribution in [0.1, 0.15) is 5.56 Å². The van der Waals surface area contributed by atoms with Gasteiger partial charge in [0, 0.05) is 16.5 Å². The number of aromatic nitrogens is 1. The molecule has 200 valence electrons. The number of carbonyl (C=O) groups excluding carboxylic acids is 1. The number of anilines is 1. The van der Waals surface area contributed by atoms with Crippen LogP contribution in [0, 0.1) is 0 Å². The number of nitrogens with two attached hydrogens (primary N) is 1. The first kappa shape index (κ1) is 27.4. The number of nitrogens with one attached hydrogen (secondary N) is 2. The molecule has 1 heterocycles. The van der Waals surface area contributed by atoms with Crippen LogP contribution in [-0.4, -0.2) is 40.3 Å². The number of halogens is 2. The van der Waals surface area contributed by atoms with Gasteiger partial charge in [-0.05, 0) is 48.0 Å². The minimum atomic E-state index is -4.19. The zero-order valence-electron chi connectivity index (χ0n) is 20.2. The topological polar surface area (TPSA) is 142 Å². The summed E-state index contributed by atoms with van der Waals surface area (Å²) >= 11 is 12.1. The lowest BCUT2D eigenvalue weighted by Gasteiger charge is -2.17. The van der Waals surface area contributed by atoms with Crippen molar-refractivity contribution in [2.24, 2.45) is 5.73 Å². The Bertz CT molecular complexity index is 1610. The molecule has 0 aliphatic rings. The van der Waals surface area contributed by atoms with Crippen molar-refractivity contribution in [2.45, 2.75) is 11.3 Å². The molecule has 3 aromatic carbocycles. The molecule has 1 aromatic heterocycles. The summed E-state index contributed by atoms with van der Waals surface area (Å²) in [6, 6.07) is 13.8. The van der Waals surface area contributed by atoms with Crippen LogP contribution in [0.2, 0.25) is 10.0 Å². The number of esters is 1. The maximum Gasteiger partial charge on any atom is 0.309 e. The number of methoxy groups -OCH3 is 2. The van der Waals surface area contributed by atoms with Crippen LogP contribution in [-0.2, 0) is 26.0 Å². The number of ether oxygens (including phenoxy) is 4. The highest BCUT2D eigenvalue weighted by molar-refractivity contribution is 7.92. The molecule has 0 aliphatic carbocycles. The minimum Gasteiger partial charge on any atom is -0.493 e. The molecule has 0 bridgehead atoms. The number of fused-ring (bicyclic) bond motifs is 1. The van der Waals surface area contributed by atoms with Gasteiger partial charge < -0.3 is 23.9 Å². The largest absolute Gasteiger partial charge is 0.493 e. The predicted molar refractivity (Wildman–Crippen MR) is 144 cm³/mol. The maximum absolute atomic E-state index is 13.4. The van der Waals surface area contributed by atoms with E-state index in [1.807, 2.05) is 0 Å². The predicted octanol–water partition coefficient (Wildman–Crippen LogP) is 5.09. The van der Waals surface area contributed by atoms with E-state index in [4.69, 9.17) is 47.9 Å². The Labute approximate surface area is 228 Å². The SMILES string of the molecule is COC(=O)Cc1ccc(Oc2ccc3[nH]c(OCN)cc3c2NS(=O)(=O)c2ccc(Cl)cc2Cl)c(OC)c1. The highest BCUT2D eigenvalue weighted by Crippen LogP contribution is 2.42. The molecular weight excluding hydrogens is 557 g/mol. The number of H-pyrrole nitrogens is 1. The van der Waals surface area contributed by atoms with E-state index in [0.717, 1.165) is 0 Å². The summed E-state index contributed by atoms with van der Waals surface area (Å²) < 4.78 is 51.0. The second-order valence-electron chi connectivity index (χ2n) is 7.86. The Morgan fingerprint density at radius 2 is 1.76 bits per heavy atom. The Balaban J connectivity index is 1.80. The van der Waals surface area contributed by atoms with Crippen molar-refractivity contribution in [2.75, 3.05) is 25.7 Å². The molecule has 38 heavy (non-hydrogen) atoms. The summed E-state index contributed by atoms with van der Waals surface area (Å²) in [6.07, 6.45) is 0.0409. The van der Waals surface area contributed by atoms with Crippen molar-refractivity contribution < 1.29 is 32.2 Å². The third-order valence-electron chi connectivity index (χ3n) is 5.42. The van der Waals surface area contributed by atoms with Gasteiger partial charge in [-0.15, -0.1) is 0 Å². The first-order valence-corrected chi connectivity index (χ1v) is 13.3. The monoisotopic (exact) mass is 579 g/mol. The first-order valence-electron chi connectivity index (χ1n) is 11.0. The van der Waals surface area contributed by atoms with Crippen LogP contribution in [0.3, 0.4) is 0 Å². The zero-order valence-corrected chi connectivity index (χ0v) is 22.5. The van der Waals surface area contributed by atoms with Gasteiger partial charge in [0.15, 0.2) is 23.1 Å². The van der Waals surface area contributed by atoms with Gasteiger partial charge in [0.2, 0.25) is 0 Å². The molecule has 0 unspecified atom stereocenters. The molecular formula is C25H23Cl2N3O7S. The molecule has 0 saturated heterocycles. The average molecular weight is 580 g/mol.